The van der Waals surface area contributed by atoms with Crippen LogP contribution in [0.5, 0.6) is 0 Å². The predicted molar refractivity (Wildman–Crippen MR) is 91.7 cm³/mol. The normalized spacial score (nSPS) is 16.2. The van der Waals surface area contributed by atoms with Crippen LogP contribution in [0.3, 0.4) is 0 Å². The lowest BCUT2D eigenvalue weighted by atomic mass is 9.86. The van der Waals surface area contributed by atoms with Gasteiger partial charge in [-0.1, -0.05) is 20.8 Å². The summed E-state index contributed by atoms with van der Waals surface area (Å²) >= 11 is 3.62. The smallest absolute Gasteiger partial charge is 0.0776 e. The van der Waals surface area contributed by atoms with E-state index in [-0.39, 0.29) is 5.54 Å². The molecule has 21 heavy (non-hydrogen) atoms. The van der Waals surface area contributed by atoms with Crippen LogP contribution in [-0.2, 0) is 13.0 Å². The molecule has 1 rings (SSSR count). The van der Waals surface area contributed by atoms with Crippen molar-refractivity contribution in [2.45, 2.75) is 72.6 Å². The van der Waals surface area contributed by atoms with E-state index >= 15 is 0 Å². The van der Waals surface area contributed by atoms with E-state index in [1.807, 2.05) is 11.6 Å². The fourth-order valence-corrected chi connectivity index (χ4v) is 3.53. The SMILES string of the molecule is CCN(CC)C(C)(CC)C(O)Cc1c(Br)c(C)nn1CC. The Bertz CT molecular complexity index is 457. The van der Waals surface area contributed by atoms with Crippen LogP contribution >= 0.6 is 15.9 Å². The van der Waals surface area contributed by atoms with E-state index in [4.69, 9.17) is 0 Å². The molecule has 0 aromatic carbocycles. The number of aliphatic hydroxyl groups is 1. The topological polar surface area (TPSA) is 41.3 Å². The third-order valence-corrected chi connectivity index (χ3v) is 5.79. The summed E-state index contributed by atoms with van der Waals surface area (Å²) in [6.45, 7) is 15.4. The highest BCUT2D eigenvalue weighted by Crippen LogP contribution is 2.29. The van der Waals surface area contributed by atoms with Gasteiger partial charge in [-0.15, -0.1) is 0 Å². The van der Waals surface area contributed by atoms with Crippen molar-refractivity contribution < 1.29 is 5.11 Å². The van der Waals surface area contributed by atoms with Crippen LogP contribution in [0, 0.1) is 6.92 Å². The maximum Gasteiger partial charge on any atom is 0.0776 e. The molecule has 0 saturated carbocycles. The number of likely N-dealkylation sites (N-methyl/N-ethyl adjacent to an activating group) is 1. The highest BCUT2D eigenvalue weighted by Gasteiger charge is 2.36. The molecule has 1 N–H and O–H groups in total. The molecule has 122 valence electrons. The molecular weight excluding hydrogens is 330 g/mol. The summed E-state index contributed by atoms with van der Waals surface area (Å²) in [7, 11) is 0. The van der Waals surface area contributed by atoms with Crippen LogP contribution in [-0.4, -0.2) is 44.5 Å². The van der Waals surface area contributed by atoms with E-state index in [9.17, 15) is 5.11 Å². The molecule has 1 aromatic heterocycles. The van der Waals surface area contributed by atoms with E-state index < -0.39 is 6.10 Å². The molecule has 0 amide bonds. The van der Waals surface area contributed by atoms with E-state index in [0.29, 0.717) is 6.42 Å². The number of halogens is 1. The molecule has 0 aliphatic rings. The first kappa shape index (κ1) is 18.7. The molecule has 4 nitrogen and oxygen atoms in total. The Hall–Kier alpha value is -0.390. The second kappa shape index (κ2) is 7.75. The fraction of sp³-hybridized carbons (Fsp3) is 0.812. The van der Waals surface area contributed by atoms with Gasteiger partial charge in [-0.3, -0.25) is 9.58 Å². The van der Waals surface area contributed by atoms with Gasteiger partial charge in [0.05, 0.1) is 22.0 Å². The Labute approximate surface area is 137 Å². The predicted octanol–water partition coefficient (Wildman–Crippen LogP) is 3.39. The van der Waals surface area contributed by atoms with Crippen molar-refractivity contribution in [1.29, 1.82) is 0 Å². The molecule has 0 spiro atoms. The molecule has 5 heteroatoms. The molecule has 0 radical (unpaired) electrons. The second-order valence-electron chi connectivity index (χ2n) is 5.76. The van der Waals surface area contributed by atoms with Crippen molar-refractivity contribution in [3.05, 3.63) is 15.9 Å². The molecule has 2 atom stereocenters. The number of rotatable bonds is 8. The molecule has 0 saturated heterocycles. The molecule has 2 unspecified atom stereocenters. The van der Waals surface area contributed by atoms with Gasteiger partial charge in [0.15, 0.2) is 0 Å². The van der Waals surface area contributed by atoms with Crippen molar-refractivity contribution >= 4 is 15.9 Å². The van der Waals surface area contributed by atoms with Crippen molar-refractivity contribution in [2.24, 2.45) is 0 Å². The molecule has 0 bridgehead atoms. The van der Waals surface area contributed by atoms with Crippen LogP contribution in [0.15, 0.2) is 4.47 Å². The van der Waals surface area contributed by atoms with E-state index in [1.165, 1.54) is 0 Å². The van der Waals surface area contributed by atoms with Gasteiger partial charge in [-0.05, 0) is 56.2 Å². The van der Waals surface area contributed by atoms with Gasteiger partial charge in [0.2, 0.25) is 0 Å². The van der Waals surface area contributed by atoms with Gasteiger partial charge in [0.25, 0.3) is 0 Å². The van der Waals surface area contributed by atoms with Crippen LogP contribution in [0.1, 0.15) is 52.4 Å². The van der Waals surface area contributed by atoms with Crippen molar-refractivity contribution in [3.63, 3.8) is 0 Å². The third kappa shape index (κ3) is 3.69. The first-order valence-electron chi connectivity index (χ1n) is 8.00. The Balaban J connectivity index is 3.05. The summed E-state index contributed by atoms with van der Waals surface area (Å²) in [5.74, 6) is 0. The molecule has 0 aliphatic carbocycles. The minimum Gasteiger partial charge on any atom is -0.391 e. The highest BCUT2D eigenvalue weighted by atomic mass is 79.9. The van der Waals surface area contributed by atoms with E-state index in [2.05, 4.69) is 60.5 Å². The number of aryl methyl sites for hydroxylation is 2. The quantitative estimate of drug-likeness (QED) is 0.773. The van der Waals surface area contributed by atoms with E-state index in [0.717, 1.165) is 41.9 Å². The maximum atomic E-state index is 10.9. The van der Waals surface area contributed by atoms with Crippen LogP contribution in [0.2, 0.25) is 0 Å². The number of aromatic nitrogens is 2. The lowest BCUT2D eigenvalue weighted by Gasteiger charge is -2.43. The first-order valence-corrected chi connectivity index (χ1v) is 8.79. The Morgan fingerprint density at radius 2 is 1.86 bits per heavy atom. The number of nitrogens with zero attached hydrogens (tertiary/aromatic N) is 3. The summed E-state index contributed by atoms with van der Waals surface area (Å²) in [5, 5.41) is 15.4. The van der Waals surface area contributed by atoms with Gasteiger partial charge in [0.1, 0.15) is 0 Å². The number of hydrogen-bond donors (Lipinski definition) is 1. The molecule has 0 aliphatic heterocycles. The van der Waals surface area contributed by atoms with Crippen LogP contribution < -0.4 is 0 Å². The third-order valence-electron chi connectivity index (χ3n) is 4.76. The zero-order valence-electron chi connectivity index (χ0n) is 14.3. The minimum atomic E-state index is -0.417. The largest absolute Gasteiger partial charge is 0.391 e. The van der Waals surface area contributed by atoms with Gasteiger partial charge in [-0.25, -0.2) is 0 Å². The molecule has 1 aromatic rings. The Kier molecular flexibility index (Phi) is 6.88. The Morgan fingerprint density at radius 1 is 1.29 bits per heavy atom. The van der Waals surface area contributed by atoms with E-state index in [1.54, 1.807) is 0 Å². The standard InChI is InChI=1S/C16H30BrN3O/c1-7-16(6,19(8-2)9-3)14(21)11-13-15(17)12(5)18-20(13)10-4/h14,21H,7-11H2,1-6H3. The van der Waals surface area contributed by atoms with Gasteiger partial charge in [0, 0.05) is 18.5 Å². The van der Waals surface area contributed by atoms with Crippen molar-refractivity contribution in [2.75, 3.05) is 13.1 Å². The van der Waals surface area contributed by atoms with Crippen molar-refractivity contribution in [3.8, 4) is 0 Å². The van der Waals surface area contributed by atoms with Crippen LogP contribution in [0.25, 0.3) is 0 Å². The lowest BCUT2D eigenvalue weighted by molar-refractivity contribution is -0.0200. The molecule has 1 heterocycles. The minimum absolute atomic E-state index is 0.209. The fourth-order valence-electron chi connectivity index (χ4n) is 3.08. The summed E-state index contributed by atoms with van der Waals surface area (Å²) in [4.78, 5) is 2.35. The average molecular weight is 360 g/mol. The zero-order valence-corrected chi connectivity index (χ0v) is 15.9. The maximum absolute atomic E-state index is 10.9. The first-order chi connectivity index (χ1) is 9.85. The van der Waals surface area contributed by atoms with Crippen molar-refractivity contribution in [1.82, 2.24) is 14.7 Å². The second-order valence-corrected chi connectivity index (χ2v) is 6.56. The zero-order chi connectivity index (χ0) is 16.2. The van der Waals surface area contributed by atoms with Crippen LogP contribution in [0.4, 0.5) is 0 Å². The summed E-state index contributed by atoms with van der Waals surface area (Å²) in [6.07, 6.45) is 1.13. The Morgan fingerprint density at radius 3 is 2.29 bits per heavy atom. The number of hydrogen-bond acceptors (Lipinski definition) is 3. The number of aliphatic hydroxyl groups excluding tert-OH is 1. The molecular formula is C16H30BrN3O. The summed E-state index contributed by atoms with van der Waals surface area (Å²) in [5.41, 5.74) is 1.87. The monoisotopic (exact) mass is 359 g/mol. The summed E-state index contributed by atoms with van der Waals surface area (Å²) in [6, 6.07) is 0. The van der Waals surface area contributed by atoms with Gasteiger partial charge < -0.3 is 5.11 Å². The summed E-state index contributed by atoms with van der Waals surface area (Å²) < 4.78 is 3.02. The molecule has 0 fully saturated rings. The van der Waals surface area contributed by atoms with Gasteiger partial charge in [-0.2, -0.15) is 5.10 Å². The lowest BCUT2D eigenvalue weighted by Crippen LogP contribution is -2.55. The highest BCUT2D eigenvalue weighted by molar-refractivity contribution is 9.10. The van der Waals surface area contributed by atoms with Gasteiger partial charge >= 0.3 is 0 Å². The average Bonchev–Trinajstić information content (AvgIpc) is 2.75.